The van der Waals surface area contributed by atoms with E-state index in [1.54, 1.807) is 0 Å². The van der Waals surface area contributed by atoms with Crippen molar-refractivity contribution in [2.24, 2.45) is 0 Å². The number of fused-ring (bicyclic) bond motifs is 3. The van der Waals surface area contributed by atoms with Crippen molar-refractivity contribution in [2.75, 3.05) is 18.9 Å². The Balaban J connectivity index is 1.54. The van der Waals surface area contributed by atoms with Gasteiger partial charge in [-0.3, -0.25) is 9.69 Å². The number of amides is 1. The smallest absolute Gasteiger partial charge is 0.238 e. The normalized spacial score (nSPS) is 15.7. The number of aryl methyl sites for hydroxylation is 1. The lowest BCUT2D eigenvalue weighted by atomic mass is 9.94. The molecule has 1 heterocycles. The molecule has 1 amide bonds. The Morgan fingerprint density at radius 2 is 1.81 bits per heavy atom. The molecule has 1 aliphatic rings. The number of anilines is 1. The molecule has 0 radical (unpaired) electrons. The molecular weight excluding hydrogens is 334 g/mol. The number of benzene rings is 2. The Hall–Kier alpha value is -2.33. The summed E-state index contributed by atoms with van der Waals surface area (Å²) in [5.74, 6) is 0.0710. The predicted octanol–water partition coefficient (Wildman–Crippen LogP) is 5.02. The highest BCUT2D eigenvalue weighted by Gasteiger charge is 2.20. The molecule has 27 heavy (non-hydrogen) atoms. The molecule has 0 unspecified atom stereocenters. The van der Waals surface area contributed by atoms with Gasteiger partial charge in [0.05, 0.1) is 6.54 Å². The van der Waals surface area contributed by atoms with Crippen LogP contribution in [0.2, 0.25) is 0 Å². The van der Waals surface area contributed by atoms with E-state index in [9.17, 15) is 4.79 Å². The van der Waals surface area contributed by atoms with Gasteiger partial charge < -0.3 is 9.88 Å². The summed E-state index contributed by atoms with van der Waals surface area (Å²) in [5, 5.41) is 5.55. The van der Waals surface area contributed by atoms with Gasteiger partial charge in [0.15, 0.2) is 0 Å². The quantitative estimate of drug-likeness (QED) is 0.691. The average molecular weight is 364 g/mol. The van der Waals surface area contributed by atoms with E-state index in [-0.39, 0.29) is 5.91 Å². The second kappa shape index (κ2) is 7.73. The number of aromatic nitrogens is 1. The Labute approximate surface area is 161 Å². The zero-order chi connectivity index (χ0) is 18.8. The number of rotatable bonds is 5. The molecule has 1 saturated carbocycles. The van der Waals surface area contributed by atoms with E-state index in [1.165, 1.54) is 53.9 Å². The lowest BCUT2D eigenvalue weighted by Crippen LogP contribution is -2.39. The lowest BCUT2D eigenvalue weighted by molar-refractivity contribution is -0.117. The third kappa shape index (κ3) is 3.59. The van der Waals surface area contributed by atoms with E-state index in [2.05, 4.69) is 65.2 Å². The summed E-state index contributed by atoms with van der Waals surface area (Å²) in [6, 6.07) is 15.3. The zero-order valence-corrected chi connectivity index (χ0v) is 16.4. The molecule has 2 aromatic carbocycles. The number of carbonyl (C=O) groups excluding carboxylic acids is 1. The van der Waals surface area contributed by atoms with Gasteiger partial charge in [0.2, 0.25) is 5.91 Å². The van der Waals surface area contributed by atoms with Gasteiger partial charge in [0.1, 0.15) is 0 Å². The van der Waals surface area contributed by atoms with Crippen LogP contribution < -0.4 is 5.32 Å². The molecule has 0 bridgehead atoms. The van der Waals surface area contributed by atoms with E-state index >= 15 is 0 Å². The van der Waals surface area contributed by atoms with Crippen LogP contribution in [0, 0.1) is 0 Å². The second-order valence-corrected chi connectivity index (χ2v) is 7.75. The first-order valence-corrected chi connectivity index (χ1v) is 10.2. The van der Waals surface area contributed by atoms with Gasteiger partial charge in [-0.1, -0.05) is 37.5 Å². The number of nitrogens with one attached hydrogen (secondary N) is 1. The number of hydrogen-bond acceptors (Lipinski definition) is 2. The van der Waals surface area contributed by atoms with Crippen LogP contribution in [0.1, 0.15) is 39.0 Å². The highest BCUT2D eigenvalue weighted by molar-refractivity contribution is 6.09. The van der Waals surface area contributed by atoms with Crippen LogP contribution in [-0.4, -0.2) is 35.0 Å². The Morgan fingerprint density at radius 3 is 2.59 bits per heavy atom. The van der Waals surface area contributed by atoms with Crippen molar-refractivity contribution in [1.29, 1.82) is 0 Å². The van der Waals surface area contributed by atoms with Crippen molar-refractivity contribution >= 4 is 33.4 Å². The summed E-state index contributed by atoms with van der Waals surface area (Å²) in [4.78, 5) is 14.8. The molecule has 0 aliphatic heterocycles. The highest BCUT2D eigenvalue weighted by atomic mass is 16.2. The molecule has 0 spiro atoms. The van der Waals surface area contributed by atoms with Crippen molar-refractivity contribution in [3.8, 4) is 0 Å². The molecule has 4 heteroatoms. The lowest BCUT2D eigenvalue weighted by Gasteiger charge is -2.30. The van der Waals surface area contributed by atoms with Crippen LogP contribution in [0.5, 0.6) is 0 Å². The number of nitrogens with zero attached hydrogens (tertiary/aromatic N) is 2. The van der Waals surface area contributed by atoms with E-state index in [0.717, 1.165) is 12.2 Å². The van der Waals surface area contributed by atoms with Gasteiger partial charge in [-0.2, -0.15) is 0 Å². The van der Waals surface area contributed by atoms with E-state index in [4.69, 9.17) is 0 Å². The average Bonchev–Trinajstić information content (AvgIpc) is 3.01. The summed E-state index contributed by atoms with van der Waals surface area (Å²) in [5.41, 5.74) is 3.34. The summed E-state index contributed by atoms with van der Waals surface area (Å²) < 4.78 is 2.33. The summed E-state index contributed by atoms with van der Waals surface area (Å²) in [6.45, 7) is 3.56. The second-order valence-electron chi connectivity index (χ2n) is 7.75. The Kier molecular flexibility index (Phi) is 5.17. The Morgan fingerprint density at radius 1 is 1.07 bits per heavy atom. The first kappa shape index (κ1) is 18.1. The first-order valence-electron chi connectivity index (χ1n) is 10.2. The number of para-hydroxylation sites is 1. The number of carbonyl (C=O) groups is 1. The molecule has 1 fully saturated rings. The maximum atomic E-state index is 12.6. The van der Waals surface area contributed by atoms with E-state index in [1.807, 2.05) is 6.07 Å². The summed E-state index contributed by atoms with van der Waals surface area (Å²) in [7, 11) is 2.08. The standard InChI is InChI=1S/C23H29N3O/c1-3-26-21-12-8-7-11-19(21)20-15-17(13-14-22(20)26)24-23(27)16-25(2)18-9-5-4-6-10-18/h7-8,11-15,18H,3-6,9-10,16H2,1-2H3,(H,24,27). The highest BCUT2D eigenvalue weighted by Crippen LogP contribution is 2.31. The van der Waals surface area contributed by atoms with Gasteiger partial charge in [0, 0.05) is 40.1 Å². The molecule has 4 rings (SSSR count). The van der Waals surface area contributed by atoms with Gasteiger partial charge in [-0.05, 0) is 51.1 Å². The molecule has 0 saturated heterocycles. The fourth-order valence-corrected chi connectivity index (χ4v) is 4.55. The molecule has 0 atom stereocenters. The molecule has 1 aromatic heterocycles. The van der Waals surface area contributed by atoms with Gasteiger partial charge in [0.25, 0.3) is 0 Å². The van der Waals surface area contributed by atoms with Crippen LogP contribution in [-0.2, 0) is 11.3 Å². The van der Waals surface area contributed by atoms with Gasteiger partial charge in [-0.15, -0.1) is 0 Å². The zero-order valence-electron chi connectivity index (χ0n) is 16.4. The molecule has 142 valence electrons. The van der Waals surface area contributed by atoms with Crippen molar-refractivity contribution in [1.82, 2.24) is 9.47 Å². The van der Waals surface area contributed by atoms with Crippen LogP contribution in [0.25, 0.3) is 21.8 Å². The van der Waals surface area contributed by atoms with Crippen molar-refractivity contribution in [2.45, 2.75) is 51.6 Å². The molecule has 4 nitrogen and oxygen atoms in total. The van der Waals surface area contributed by atoms with E-state index < -0.39 is 0 Å². The number of hydrogen-bond donors (Lipinski definition) is 1. The van der Waals surface area contributed by atoms with Crippen LogP contribution in [0.4, 0.5) is 5.69 Å². The maximum absolute atomic E-state index is 12.6. The summed E-state index contributed by atoms with van der Waals surface area (Å²) >= 11 is 0. The fourth-order valence-electron chi connectivity index (χ4n) is 4.55. The third-order valence-electron chi connectivity index (χ3n) is 5.96. The van der Waals surface area contributed by atoms with Crippen LogP contribution >= 0.6 is 0 Å². The maximum Gasteiger partial charge on any atom is 0.238 e. The minimum absolute atomic E-state index is 0.0710. The van der Waals surface area contributed by atoms with Crippen LogP contribution in [0.15, 0.2) is 42.5 Å². The molecular formula is C23H29N3O. The summed E-state index contributed by atoms with van der Waals surface area (Å²) in [6.07, 6.45) is 6.34. The van der Waals surface area contributed by atoms with Crippen molar-refractivity contribution < 1.29 is 4.79 Å². The van der Waals surface area contributed by atoms with Gasteiger partial charge in [-0.25, -0.2) is 0 Å². The first-order chi connectivity index (χ1) is 13.2. The van der Waals surface area contributed by atoms with Gasteiger partial charge >= 0.3 is 0 Å². The van der Waals surface area contributed by atoms with Crippen LogP contribution in [0.3, 0.4) is 0 Å². The third-order valence-corrected chi connectivity index (χ3v) is 5.96. The monoisotopic (exact) mass is 363 g/mol. The largest absolute Gasteiger partial charge is 0.341 e. The fraction of sp³-hybridized carbons (Fsp3) is 0.435. The topological polar surface area (TPSA) is 37.3 Å². The Bertz CT molecular complexity index is 953. The minimum Gasteiger partial charge on any atom is -0.341 e. The number of likely N-dealkylation sites (N-methyl/N-ethyl adjacent to an activating group) is 1. The molecule has 1 aliphatic carbocycles. The van der Waals surface area contributed by atoms with Crippen molar-refractivity contribution in [3.05, 3.63) is 42.5 Å². The minimum atomic E-state index is 0.0710. The van der Waals surface area contributed by atoms with E-state index in [0.29, 0.717) is 12.6 Å². The predicted molar refractivity (Wildman–Crippen MR) is 113 cm³/mol. The van der Waals surface area contributed by atoms with Crippen molar-refractivity contribution in [3.63, 3.8) is 0 Å². The molecule has 1 N–H and O–H groups in total. The molecule has 3 aromatic rings. The SMILES string of the molecule is CCn1c2ccccc2c2cc(NC(=O)CN(C)C3CCCCC3)ccc21.